The molecule has 4 heteroatoms. The number of rotatable bonds is 4. The van der Waals surface area contributed by atoms with E-state index in [0.29, 0.717) is 0 Å². The Morgan fingerprint density at radius 1 is 0.412 bits per heavy atom. The van der Waals surface area contributed by atoms with Crippen molar-refractivity contribution in [2.75, 3.05) is 0 Å². The smallest absolute Gasteiger partial charge is 0.138 e. The van der Waals surface area contributed by atoms with Crippen LogP contribution in [0.2, 0.25) is 0 Å². The molecular weight excluding hydrogens is 623 g/mol. The fourth-order valence-electron chi connectivity index (χ4n) is 8.15. The van der Waals surface area contributed by atoms with Crippen LogP contribution in [0.25, 0.3) is 99.4 Å². The Morgan fingerprint density at radius 3 is 1.90 bits per heavy atom. The van der Waals surface area contributed by atoms with Crippen LogP contribution in [0.15, 0.2) is 180 Å². The van der Waals surface area contributed by atoms with Crippen LogP contribution < -0.4 is 0 Å². The van der Waals surface area contributed by atoms with E-state index in [1.54, 1.807) is 0 Å². The van der Waals surface area contributed by atoms with Crippen molar-refractivity contribution in [1.82, 2.24) is 14.1 Å². The Hall–Kier alpha value is -6.91. The van der Waals surface area contributed by atoms with Gasteiger partial charge in [0.25, 0.3) is 0 Å². The van der Waals surface area contributed by atoms with Crippen LogP contribution in [0.3, 0.4) is 0 Å². The van der Waals surface area contributed by atoms with Gasteiger partial charge in [-0.05, 0) is 65.7 Å². The molecule has 0 saturated carbocycles. The van der Waals surface area contributed by atoms with E-state index < -0.39 is 0 Å². The van der Waals surface area contributed by atoms with Crippen molar-refractivity contribution < 1.29 is 4.42 Å². The summed E-state index contributed by atoms with van der Waals surface area (Å²) in [5.41, 5.74) is 11.7. The minimum Gasteiger partial charge on any atom is -0.456 e. The van der Waals surface area contributed by atoms with Gasteiger partial charge in [0.05, 0.1) is 27.8 Å². The average Bonchev–Trinajstić information content (AvgIpc) is 3.86. The van der Waals surface area contributed by atoms with E-state index >= 15 is 0 Å². The van der Waals surface area contributed by atoms with Crippen molar-refractivity contribution in [2.24, 2.45) is 0 Å². The number of nitrogens with zero attached hydrogens (tertiary/aromatic N) is 3. The van der Waals surface area contributed by atoms with Gasteiger partial charge in [-0.25, -0.2) is 4.98 Å². The topological polar surface area (TPSA) is 35.9 Å². The molecule has 0 aliphatic rings. The zero-order chi connectivity index (χ0) is 33.5. The normalized spacial score (nSPS) is 11.9. The molecule has 0 atom stereocenters. The van der Waals surface area contributed by atoms with Gasteiger partial charge < -0.3 is 8.98 Å². The second-order valence-electron chi connectivity index (χ2n) is 13.1. The van der Waals surface area contributed by atoms with Crippen molar-refractivity contribution in [3.8, 4) is 33.9 Å². The lowest BCUT2D eigenvalue weighted by Gasteiger charge is -2.14. The summed E-state index contributed by atoms with van der Waals surface area (Å²) in [6.45, 7) is 0. The maximum Gasteiger partial charge on any atom is 0.138 e. The first-order chi connectivity index (χ1) is 25.3. The van der Waals surface area contributed by atoms with Crippen molar-refractivity contribution >= 4 is 65.6 Å². The molecule has 0 amide bonds. The minimum absolute atomic E-state index is 0.857. The molecule has 0 aliphatic carbocycles. The summed E-state index contributed by atoms with van der Waals surface area (Å²) in [5.74, 6) is 0.865. The van der Waals surface area contributed by atoms with Gasteiger partial charge in [-0.1, -0.05) is 121 Å². The number of furan rings is 1. The van der Waals surface area contributed by atoms with Crippen molar-refractivity contribution in [2.45, 2.75) is 0 Å². The Morgan fingerprint density at radius 2 is 1.08 bits per heavy atom. The number of hydrogen-bond donors (Lipinski definition) is 0. The van der Waals surface area contributed by atoms with E-state index in [4.69, 9.17) is 9.40 Å². The highest BCUT2D eigenvalue weighted by Crippen LogP contribution is 2.43. The van der Waals surface area contributed by atoms with Crippen LogP contribution in [0.5, 0.6) is 0 Å². The third kappa shape index (κ3) is 4.11. The number of fused-ring (bicyclic) bond motifs is 10. The first kappa shape index (κ1) is 28.0. The first-order valence-corrected chi connectivity index (χ1v) is 17.3. The molecule has 51 heavy (non-hydrogen) atoms. The van der Waals surface area contributed by atoms with E-state index in [1.807, 2.05) is 18.2 Å². The molecule has 4 heterocycles. The third-order valence-electron chi connectivity index (χ3n) is 10.3. The van der Waals surface area contributed by atoms with Crippen molar-refractivity contribution in [3.63, 3.8) is 0 Å². The Bertz CT molecular complexity index is 3130. The largest absolute Gasteiger partial charge is 0.456 e. The van der Waals surface area contributed by atoms with Crippen LogP contribution in [0, 0.1) is 0 Å². The van der Waals surface area contributed by atoms with E-state index in [9.17, 15) is 0 Å². The molecule has 11 aromatic rings. The van der Waals surface area contributed by atoms with Gasteiger partial charge in [0.15, 0.2) is 0 Å². The molecule has 0 bridgehead atoms. The standard InChI is InChI=1S/C47H29N3O/c1-3-14-30(15-4-1)31-28-38(35-21-13-25-43-45(35)37-20-9-12-24-42(37)51-43)48-44(29-31)50-40-23-11-8-19-36(40)46-41(50)27-26-34-33-18-7-10-22-39(33)49(47(34)46)32-16-5-2-6-17-32/h1-29H. The van der Waals surface area contributed by atoms with Gasteiger partial charge >= 0.3 is 0 Å². The predicted octanol–water partition coefficient (Wildman–Crippen LogP) is 12.5. The van der Waals surface area contributed by atoms with Crippen molar-refractivity contribution in [1.29, 1.82) is 0 Å². The maximum atomic E-state index is 6.33. The van der Waals surface area contributed by atoms with Crippen LogP contribution in [0.4, 0.5) is 0 Å². The third-order valence-corrected chi connectivity index (χ3v) is 10.3. The Kier molecular flexibility index (Phi) is 5.92. The molecule has 0 unspecified atom stereocenters. The van der Waals surface area contributed by atoms with Gasteiger partial charge in [0, 0.05) is 43.6 Å². The minimum atomic E-state index is 0.857. The van der Waals surface area contributed by atoms with Crippen LogP contribution in [-0.2, 0) is 0 Å². The molecule has 0 N–H and O–H groups in total. The molecule has 4 nitrogen and oxygen atoms in total. The second-order valence-corrected chi connectivity index (χ2v) is 13.1. The van der Waals surface area contributed by atoms with Crippen molar-refractivity contribution in [3.05, 3.63) is 176 Å². The molecular formula is C47H29N3O. The lowest BCUT2D eigenvalue weighted by molar-refractivity contribution is 0.669. The van der Waals surface area contributed by atoms with Crippen LogP contribution in [0.1, 0.15) is 0 Å². The summed E-state index contributed by atoms with van der Waals surface area (Å²) in [6.07, 6.45) is 0. The maximum absolute atomic E-state index is 6.33. The highest BCUT2D eigenvalue weighted by Gasteiger charge is 2.22. The highest BCUT2D eigenvalue weighted by atomic mass is 16.3. The average molecular weight is 652 g/mol. The lowest BCUT2D eigenvalue weighted by atomic mass is 9.99. The number of benzene rings is 7. The number of aromatic nitrogens is 3. The molecule has 238 valence electrons. The first-order valence-electron chi connectivity index (χ1n) is 17.3. The molecule has 0 saturated heterocycles. The molecule has 11 rings (SSSR count). The van der Waals surface area contributed by atoms with Crippen LogP contribution in [-0.4, -0.2) is 14.1 Å². The van der Waals surface area contributed by atoms with Gasteiger partial charge in [-0.3, -0.25) is 4.57 Å². The summed E-state index contributed by atoms with van der Waals surface area (Å²) in [7, 11) is 0. The predicted molar refractivity (Wildman–Crippen MR) is 211 cm³/mol. The van der Waals surface area contributed by atoms with Gasteiger partial charge in [0.1, 0.15) is 17.0 Å². The number of hydrogen-bond acceptors (Lipinski definition) is 2. The zero-order valence-electron chi connectivity index (χ0n) is 27.5. The fraction of sp³-hybridized carbons (Fsp3) is 0. The molecule has 0 spiro atoms. The lowest BCUT2D eigenvalue weighted by Crippen LogP contribution is -2.00. The Balaban J connectivity index is 1.27. The molecule has 4 aromatic heterocycles. The van der Waals surface area contributed by atoms with E-state index in [0.717, 1.165) is 66.9 Å². The quantitative estimate of drug-likeness (QED) is 0.190. The van der Waals surface area contributed by atoms with E-state index in [1.165, 1.54) is 32.6 Å². The van der Waals surface area contributed by atoms with E-state index in [-0.39, 0.29) is 0 Å². The van der Waals surface area contributed by atoms with E-state index in [2.05, 4.69) is 167 Å². The molecule has 7 aromatic carbocycles. The van der Waals surface area contributed by atoms with Gasteiger partial charge in [0.2, 0.25) is 0 Å². The summed E-state index contributed by atoms with van der Waals surface area (Å²) in [5, 5.41) is 7.03. The highest BCUT2D eigenvalue weighted by molar-refractivity contribution is 6.26. The molecule has 0 aliphatic heterocycles. The van der Waals surface area contributed by atoms with Gasteiger partial charge in [-0.15, -0.1) is 0 Å². The number of pyridine rings is 1. The SMILES string of the molecule is c1ccc(-c2cc(-c3cccc4oc5ccccc5c34)nc(-n3c4ccccc4c4c3ccc3c5ccccc5n(-c5ccccc5)c34)c2)cc1. The second kappa shape index (κ2) is 10.8. The fourth-order valence-corrected chi connectivity index (χ4v) is 8.15. The number of para-hydroxylation sites is 4. The summed E-state index contributed by atoms with van der Waals surface area (Å²) < 4.78 is 11.1. The van der Waals surface area contributed by atoms with Crippen LogP contribution >= 0.6 is 0 Å². The zero-order valence-corrected chi connectivity index (χ0v) is 27.5. The summed E-state index contributed by atoms with van der Waals surface area (Å²) in [4.78, 5) is 5.53. The van der Waals surface area contributed by atoms with Gasteiger partial charge in [-0.2, -0.15) is 0 Å². The summed E-state index contributed by atoms with van der Waals surface area (Å²) in [6, 6.07) is 62.3. The summed E-state index contributed by atoms with van der Waals surface area (Å²) >= 11 is 0. The monoisotopic (exact) mass is 651 g/mol. The molecule has 0 radical (unpaired) electrons. The molecule has 0 fully saturated rings. The Labute approximate surface area is 293 Å².